The molecular formula is C22H33ClN4O5. The molecule has 0 aromatic heterocycles. The number of ether oxygens (including phenoxy) is 1. The first-order valence-corrected chi connectivity index (χ1v) is 11.2. The average Bonchev–Trinajstić information content (AvgIpc) is 3.26. The van der Waals surface area contributed by atoms with Gasteiger partial charge in [-0.25, -0.2) is 10.3 Å². The van der Waals surface area contributed by atoms with Crippen LogP contribution in [0, 0.1) is 18.8 Å². The van der Waals surface area contributed by atoms with E-state index in [1.165, 1.54) is 12.0 Å². The van der Waals surface area contributed by atoms with Crippen molar-refractivity contribution in [2.24, 2.45) is 11.8 Å². The second-order valence-electron chi connectivity index (χ2n) is 8.53. The summed E-state index contributed by atoms with van der Waals surface area (Å²) >= 11 is 6.12. The summed E-state index contributed by atoms with van der Waals surface area (Å²) in [6.45, 7) is 5.56. The Morgan fingerprint density at radius 3 is 2.47 bits per heavy atom. The fourth-order valence-electron chi connectivity index (χ4n) is 3.89. The van der Waals surface area contributed by atoms with Gasteiger partial charge in [0.2, 0.25) is 5.91 Å². The van der Waals surface area contributed by atoms with Gasteiger partial charge in [-0.3, -0.25) is 14.8 Å². The minimum Gasteiger partial charge on any atom is -0.495 e. The van der Waals surface area contributed by atoms with Gasteiger partial charge in [-0.05, 0) is 43.2 Å². The normalized spacial score (nSPS) is 14.7. The number of amides is 4. The fourth-order valence-corrected chi connectivity index (χ4v) is 4.04. The summed E-state index contributed by atoms with van der Waals surface area (Å²) < 4.78 is 5.28. The van der Waals surface area contributed by atoms with Crippen molar-refractivity contribution in [1.82, 2.24) is 15.7 Å². The van der Waals surface area contributed by atoms with Gasteiger partial charge < -0.3 is 20.3 Å². The van der Waals surface area contributed by atoms with Crippen LogP contribution in [0.4, 0.5) is 10.5 Å². The lowest BCUT2D eigenvalue weighted by atomic mass is 10.0. The molecule has 0 bridgehead atoms. The maximum Gasteiger partial charge on any atom is 0.320 e. The van der Waals surface area contributed by atoms with Crippen LogP contribution in [-0.2, 0) is 9.59 Å². The third kappa shape index (κ3) is 7.00. The first-order valence-electron chi connectivity index (χ1n) is 10.8. The van der Waals surface area contributed by atoms with Crippen LogP contribution in [0.1, 0.15) is 45.1 Å². The number of hydrogen-bond donors (Lipinski definition) is 4. The highest BCUT2D eigenvalue weighted by molar-refractivity contribution is 6.31. The molecule has 0 aliphatic heterocycles. The van der Waals surface area contributed by atoms with E-state index in [9.17, 15) is 14.4 Å². The van der Waals surface area contributed by atoms with Crippen molar-refractivity contribution >= 4 is 35.1 Å². The van der Waals surface area contributed by atoms with Crippen LogP contribution in [0.25, 0.3) is 0 Å². The molecule has 0 unspecified atom stereocenters. The number of nitrogens with zero attached hydrogens (tertiary/aromatic N) is 1. The number of aryl methyl sites for hydroxylation is 1. The van der Waals surface area contributed by atoms with E-state index >= 15 is 0 Å². The van der Waals surface area contributed by atoms with Crippen molar-refractivity contribution in [2.45, 2.75) is 52.5 Å². The first-order chi connectivity index (χ1) is 15.2. The van der Waals surface area contributed by atoms with Crippen LogP contribution in [0.15, 0.2) is 12.1 Å². The zero-order chi connectivity index (χ0) is 23.8. The van der Waals surface area contributed by atoms with Crippen LogP contribution in [0.2, 0.25) is 5.02 Å². The zero-order valence-electron chi connectivity index (χ0n) is 19.0. The van der Waals surface area contributed by atoms with Crippen molar-refractivity contribution in [3.05, 3.63) is 22.7 Å². The van der Waals surface area contributed by atoms with Crippen LogP contribution in [0.5, 0.6) is 5.75 Å². The number of urea groups is 1. The van der Waals surface area contributed by atoms with Crippen molar-refractivity contribution < 1.29 is 24.3 Å². The Morgan fingerprint density at radius 2 is 1.91 bits per heavy atom. The molecule has 1 fully saturated rings. The maximum atomic E-state index is 13.3. The highest BCUT2D eigenvalue weighted by Crippen LogP contribution is 2.31. The van der Waals surface area contributed by atoms with Gasteiger partial charge in [0.25, 0.3) is 5.91 Å². The molecule has 1 saturated carbocycles. The minimum atomic E-state index is -0.859. The highest BCUT2D eigenvalue weighted by Gasteiger charge is 2.32. The number of nitrogens with one attached hydrogen (secondary N) is 3. The van der Waals surface area contributed by atoms with E-state index in [2.05, 4.69) is 10.6 Å². The Morgan fingerprint density at radius 1 is 1.25 bits per heavy atom. The predicted molar refractivity (Wildman–Crippen MR) is 122 cm³/mol. The van der Waals surface area contributed by atoms with E-state index in [4.69, 9.17) is 21.5 Å². The number of hydroxylamine groups is 1. The van der Waals surface area contributed by atoms with E-state index in [-0.39, 0.29) is 18.4 Å². The molecule has 0 spiro atoms. The van der Waals surface area contributed by atoms with Crippen molar-refractivity contribution in [3.63, 3.8) is 0 Å². The Balaban J connectivity index is 2.15. The van der Waals surface area contributed by atoms with Gasteiger partial charge in [0.05, 0.1) is 12.8 Å². The third-order valence-electron chi connectivity index (χ3n) is 5.67. The van der Waals surface area contributed by atoms with Gasteiger partial charge in [0, 0.05) is 17.6 Å². The highest BCUT2D eigenvalue weighted by atomic mass is 35.5. The SMILES string of the molecule is COc1cc(Cl)c(C)cc1NC(=O)N[C@H](C(=O)N(CC(=O)NO)CC1CCCC1)C(C)C. The quantitative estimate of drug-likeness (QED) is 0.327. The van der Waals surface area contributed by atoms with E-state index in [0.717, 1.165) is 31.2 Å². The Kier molecular flexibility index (Phi) is 9.59. The molecule has 4 amide bonds. The number of hydrogen-bond acceptors (Lipinski definition) is 5. The largest absolute Gasteiger partial charge is 0.495 e. The monoisotopic (exact) mass is 468 g/mol. The summed E-state index contributed by atoms with van der Waals surface area (Å²) in [7, 11) is 1.47. The number of rotatable bonds is 9. The van der Waals surface area contributed by atoms with Gasteiger partial charge >= 0.3 is 6.03 Å². The molecule has 0 radical (unpaired) electrons. The summed E-state index contributed by atoms with van der Waals surface area (Å²) in [4.78, 5) is 39.3. The molecule has 9 nitrogen and oxygen atoms in total. The molecule has 1 atom stereocenters. The summed E-state index contributed by atoms with van der Waals surface area (Å²) in [5.74, 6) is -0.584. The van der Waals surface area contributed by atoms with E-state index < -0.39 is 18.0 Å². The smallest absolute Gasteiger partial charge is 0.320 e. The lowest BCUT2D eigenvalue weighted by Crippen LogP contribution is -2.54. The topological polar surface area (TPSA) is 120 Å². The summed E-state index contributed by atoms with van der Waals surface area (Å²) in [5, 5.41) is 14.9. The summed E-state index contributed by atoms with van der Waals surface area (Å²) in [6.07, 6.45) is 4.16. The van der Waals surface area contributed by atoms with Gasteiger partial charge in [0.1, 0.15) is 18.3 Å². The molecule has 32 heavy (non-hydrogen) atoms. The molecule has 1 aliphatic rings. The average molecular weight is 469 g/mol. The molecule has 178 valence electrons. The Hall–Kier alpha value is -2.52. The molecule has 0 saturated heterocycles. The van der Waals surface area contributed by atoms with Gasteiger partial charge in [0.15, 0.2) is 0 Å². The van der Waals surface area contributed by atoms with E-state index in [1.807, 2.05) is 13.8 Å². The molecular weight excluding hydrogens is 436 g/mol. The number of anilines is 1. The van der Waals surface area contributed by atoms with Crippen LogP contribution in [0.3, 0.4) is 0 Å². The standard InChI is InChI=1S/C22H33ClN4O5/c1-13(2)20(21(29)27(12-19(28)26-31)11-15-7-5-6-8-15)25-22(30)24-17-9-14(3)16(23)10-18(17)32-4/h9-10,13,15,20,31H,5-8,11-12H2,1-4H3,(H,26,28)(H2,24,25,30)/t20-/m0/s1. The Bertz CT molecular complexity index is 827. The van der Waals surface area contributed by atoms with E-state index in [0.29, 0.717) is 28.9 Å². The number of methoxy groups -OCH3 is 1. The Labute approximate surface area is 193 Å². The summed E-state index contributed by atoms with van der Waals surface area (Å²) in [5.41, 5.74) is 2.76. The third-order valence-corrected chi connectivity index (χ3v) is 6.08. The zero-order valence-corrected chi connectivity index (χ0v) is 19.8. The van der Waals surface area contributed by atoms with Crippen molar-refractivity contribution in [2.75, 3.05) is 25.5 Å². The maximum absolute atomic E-state index is 13.3. The van der Waals surface area contributed by atoms with Crippen LogP contribution < -0.4 is 20.9 Å². The predicted octanol–water partition coefficient (Wildman–Crippen LogP) is 3.33. The molecule has 0 heterocycles. The van der Waals surface area contributed by atoms with Crippen LogP contribution >= 0.6 is 11.6 Å². The van der Waals surface area contributed by atoms with Crippen LogP contribution in [-0.4, -0.2) is 54.2 Å². The molecule has 1 aromatic carbocycles. The van der Waals surface area contributed by atoms with Gasteiger partial charge in [-0.15, -0.1) is 0 Å². The fraction of sp³-hybridized carbons (Fsp3) is 0.591. The summed E-state index contributed by atoms with van der Waals surface area (Å²) in [6, 6.07) is 1.85. The lowest BCUT2D eigenvalue weighted by Gasteiger charge is -2.31. The number of carbonyl (C=O) groups is 3. The van der Waals surface area contributed by atoms with E-state index in [1.54, 1.807) is 24.5 Å². The van der Waals surface area contributed by atoms with Gasteiger partial charge in [-0.2, -0.15) is 0 Å². The minimum absolute atomic E-state index is 0.231. The van der Waals surface area contributed by atoms with Crippen molar-refractivity contribution in [3.8, 4) is 5.75 Å². The molecule has 4 N–H and O–H groups in total. The molecule has 1 aromatic rings. The molecule has 10 heteroatoms. The lowest BCUT2D eigenvalue weighted by molar-refractivity contribution is -0.141. The van der Waals surface area contributed by atoms with Gasteiger partial charge in [-0.1, -0.05) is 38.3 Å². The first kappa shape index (κ1) is 25.7. The number of halogens is 1. The molecule has 1 aliphatic carbocycles. The van der Waals surface area contributed by atoms with Crippen molar-refractivity contribution in [1.29, 1.82) is 0 Å². The second kappa shape index (κ2) is 11.9. The second-order valence-corrected chi connectivity index (χ2v) is 8.93. The molecule has 2 rings (SSSR count). The number of carbonyl (C=O) groups excluding carboxylic acids is 3. The number of benzene rings is 1.